The molecule has 2 aliphatic heterocycles. The van der Waals surface area contributed by atoms with E-state index in [0.29, 0.717) is 11.3 Å². The Hall–Kier alpha value is -1.29. The molecule has 2 aliphatic rings. The van der Waals surface area contributed by atoms with E-state index >= 15 is 0 Å². The number of benzene rings is 1. The van der Waals surface area contributed by atoms with Crippen LogP contribution in [0.2, 0.25) is 0 Å². The van der Waals surface area contributed by atoms with Crippen molar-refractivity contribution >= 4 is 0 Å². The summed E-state index contributed by atoms with van der Waals surface area (Å²) in [5, 5.41) is 3.40. The molecular formula is C12H14FNO2. The molecule has 0 radical (unpaired) electrons. The lowest BCUT2D eigenvalue weighted by Crippen LogP contribution is -2.13. The van der Waals surface area contributed by atoms with Crippen LogP contribution in [0, 0.1) is 0 Å². The minimum absolute atomic E-state index is 0.241. The Labute approximate surface area is 93.6 Å². The summed E-state index contributed by atoms with van der Waals surface area (Å²) >= 11 is 0. The van der Waals surface area contributed by atoms with Gasteiger partial charge in [-0.05, 0) is 37.1 Å². The molecule has 0 amide bonds. The molecule has 0 bridgehead atoms. The van der Waals surface area contributed by atoms with Gasteiger partial charge in [0.1, 0.15) is 6.67 Å². The highest BCUT2D eigenvalue weighted by Gasteiger charge is 2.26. The van der Waals surface area contributed by atoms with Gasteiger partial charge >= 0.3 is 0 Å². The van der Waals surface area contributed by atoms with Gasteiger partial charge in [0, 0.05) is 11.6 Å². The minimum Gasteiger partial charge on any atom is -0.454 e. The zero-order valence-corrected chi connectivity index (χ0v) is 8.96. The first-order valence-electron chi connectivity index (χ1n) is 5.60. The molecule has 0 aliphatic carbocycles. The molecule has 16 heavy (non-hydrogen) atoms. The molecule has 2 heterocycles. The van der Waals surface area contributed by atoms with Gasteiger partial charge in [-0.2, -0.15) is 0 Å². The van der Waals surface area contributed by atoms with E-state index in [4.69, 9.17) is 9.47 Å². The monoisotopic (exact) mass is 223 g/mol. The van der Waals surface area contributed by atoms with Crippen molar-refractivity contribution in [3.8, 4) is 11.5 Å². The van der Waals surface area contributed by atoms with Crippen LogP contribution in [0.4, 0.5) is 4.39 Å². The number of halogens is 1. The molecule has 1 aromatic carbocycles. The predicted octanol–water partition coefficient (Wildman–Crippen LogP) is 2.31. The molecule has 0 saturated carbocycles. The average molecular weight is 223 g/mol. The quantitative estimate of drug-likeness (QED) is 0.834. The lowest BCUT2D eigenvalue weighted by molar-refractivity contribution is 0.173. The lowest BCUT2D eigenvalue weighted by atomic mass is 10.0. The van der Waals surface area contributed by atoms with Crippen molar-refractivity contribution in [3.05, 3.63) is 23.3 Å². The highest BCUT2D eigenvalue weighted by molar-refractivity contribution is 5.52. The number of fused-ring (bicyclic) bond motifs is 1. The molecule has 1 saturated heterocycles. The summed E-state index contributed by atoms with van der Waals surface area (Å²) in [6.07, 6.45) is 2.23. The fraction of sp³-hybridized carbons (Fsp3) is 0.500. The van der Waals surface area contributed by atoms with Gasteiger partial charge in [0.2, 0.25) is 6.79 Å². The van der Waals surface area contributed by atoms with E-state index in [1.807, 2.05) is 6.07 Å². The molecule has 3 nitrogen and oxygen atoms in total. The fourth-order valence-corrected chi connectivity index (χ4v) is 2.38. The molecule has 1 unspecified atom stereocenters. The third-order valence-corrected chi connectivity index (χ3v) is 3.15. The van der Waals surface area contributed by atoms with Crippen LogP contribution in [0.3, 0.4) is 0 Å². The maximum atomic E-state index is 12.7. The van der Waals surface area contributed by atoms with E-state index in [0.717, 1.165) is 30.7 Å². The molecular weight excluding hydrogens is 209 g/mol. The largest absolute Gasteiger partial charge is 0.454 e. The zero-order valence-electron chi connectivity index (χ0n) is 8.96. The first-order valence-corrected chi connectivity index (χ1v) is 5.60. The van der Waals surface area contributed by atoms with Crippen LogP contribution in [0.1, 0.15) is 30.0 Å². The second-order valence-electron chi connectivity index (χ2n) is 4.20. The average Bonchev–Trinajstić information content (AvgIpc) is 2.98. The van der Waals surface area contributed by atoms with Crippen molar-refractivity contribution in [3.63, 3.8) is 0 Å². The highest BCUT2D eigenvalue weighted by atomic mass is 19.1. The third-order valence-electron chi connectivity index (χ3n) is 3.15. The second-order valence-corrected chi connectivity index (χ2v) is 4.20. The summed E-state index contributed by atoms with van der Waals surface area (Å²) in [6, 6.07) is 3.89. The van der Waals surface area contributed by atoms with Gasteiger partial charge in [0.15, 0.2) is 11.5 Å². The maximum Gasteiger partial charge on any atom is 0.231 e. The number of rotatable bonds is 2. The van der Waals surface area contributed by atoms with Gasteiger partial charge in [-0.1, -0.05) is 0 Å². The topological polar surface area (TPSA) is 30.5 Å². The summed E-state index contributed by atoms with van der Waals surface area (Å²) in [5.41, 5.74) is 1.70. The molecule has 1 atom stereocenters. The summed E-state index contributed by atoms with van der Waals surface area (Å²) in [5.74, 6) is 1.47. The Morgan fingerprint density at radius 1 is 1.38 bits per heavy atom. The smallest absolute Gasteiger partial charge is 0.231 e. The van der Waals surface area contributed by atoms with Crippen LogP contribution in [0.15, 0.2) is 12.1 Å². The molecule has 1 aromatic rings. The maximum absolute atomic E-state index is 12.7. The zero-order chi connectivity index (χ0) is 11.0. The van der Waals surface area contributed by atoms with Crippen molar-refractivity contribution < 1.29 is 13.9 Å². The number of nitrogens with one attached hydrogen (secondary N) is 1. The Bertz CT molecular complexity index is 402. The summed E-state index contributed by atoms with van der Waals surface area (Å²) < 4.78 is 23.5. The van der Waals surface area contributed by atoms with Gasteiger partial charge in [-0.3, -0.25) is 0 Å². The van der Waals surface area contributed by atoms with E-state index in [1.165, 1.54) is 0 Å². The Kier molecular flexibility index (Phi) is 2.44. The van der Waals surface area contributed by atoms with Crippen LogP contribution in [-0.2, 0) is 6.67 Å². The molecule has 1 fully saturated rings. The molecule has 1 N–H and O–H groups in total. The van der Waals surface area contributed by atoms with Gasteiger partial charge in [0.25, 0.3) is 0 Å². The first kappa shape index (κ1) is 9.90. The van der Waals surface area contributed by atoms with Crippen LogP contribution in [0.5, 0.6) is 11.5 Å². The van der Waals surface area contributed by atoms with Crippen molar-refractivity contribution in [2.75, 3.05) is 13.3 Å². The number of ether oxygens (including phenoxy) is 2. The SMILES string of the molecule is FCc1cc2c(c(C3CCCN3)c1)OCO2. The van der Waals surface area contributed by atoms with Crippen molar-refractivity contribution in [1.29, 1.82) is 0 Å². The standard InChI is InChI=1S/C12H14FNO2/c13-6-8-4-9(10-2-1-3-14-10)12-11(5-8)15-7-16-12/h4-5,10,14H,1-3,6-7H2. The van der Waals surface area contributed by atoms with Crippen molar-refractivity contribution in [1.82, 2.24) is 5.32 Å². The Morgan fingerprint density at radius 2 is 2.31 bits per heavy atom. The van der Waals surface area contributed by atoms with Crippen LogP contribution < -0.4 is 14.8 Å². The van der Waals surface area contributed by atoms with E-state index in [9.17, 15) is 4.39 Å². The van der Waals surface area contributed by atoms with E-state index in [2.05, 4.69) is 5.32 Å². The molecule has 0 aromatic heterocycles. The van der Waals surface area contributed by atoms with Gasteiger partial charge < -0.3 is 14.8 Å². The first-order chi connectivity index (χ1) is 7.88. The normalized spacial score (nSPS) is 22.7. The van der Waals surface area contributed by atoms with Crippen molar-refractivity contribution in [2.24, 2.45) is 0 Å². The number of hydrogen-bond acceptors (Lipinski definition) is 3. The van der Waals surface area contributed by atoms with E-state index in [-0.39, 0.29) is 12.8 Å². The van der Waals surface area contributed by atoms with Gasteiger partial charge in [0.05, 0.1) is 0 Å². The van der Waals surface area contributed by atoms with E-state index in [1.54, 1.807) is 6.07 Å². The lowest BCUT2D eigenvalue weighted by Gasteiger charge is -2.14. The fourth-order valence-electron chi connectivity index (χ4n) is 2.38. The molecule has 86 valence electrons. The Balaban J connectivity index is 2.04. The minimum atomic E-state index is -0.462. The van der Waals surface area contributed by atoms with E-state index < -0.39 is 6.67 Å². The molecule has 0 spiro atoms. The number of alkyl halides is 1. The Morgan fingerprint density at radius 3 is 3.06 bits per heavy atom. The van der Waals surface area contributed by atoms with Gasteiger partial charge in [-0.15, -0.1) is 0 Å². The summed E-state index contributed by atoms with van der Waals surface area (Å²) in [4.78, 5) is 0. The summed E-state index contributed by atoms with van der Waals surface area (Å²) in [6.45, 7) is 0.793. The number of hydrogen-bond donors (Lipinski definition) is 1. The second kappa shape index (κ2) is 3.94. The van der Waals surface area contributed by atoms with Gasteiger partial charge in [-0.25, -0.2) is 4.39 Å². The molecule has 4 heteroatoms. The molecule has 3 rings (SSSR count). The summed E-state index contributed by atoms with van der Waals surface area (Å²) in [7, 11) is 0. The predicted molar refractivity (Wildman–Crippen MR) is 57.4 cm³/mol. The highest BCUT2D eigenvalue weighted by Crippen LogP contribution is 2.41. The van der Waals surface area contributed by atoms with Crippen molar-refractivity contribution in [2.45, 2.75) is 25.6 Å². The third kappa shape index (κ3) is 1.53. The van der Waals surface area contributed by atoms with Crippen LogP contribution in [0.25, 0.3) is 0 Å². The van der Waals surface area contributed by atoms with Crippen LogP contribution >= 0.6 is 0 Å². The van der Waals surface area contributed by atoms with Crippen LogP contribution in [-0.4, -0.2) is 13.3 Å².